The highest BCUT2D eigenvalue weighted by Gasteiger charge is 2.12. The van der Waals surface area contributed by atoms with Gasteiger partial charge in [0.2, 0.25) is 0 Å². The van der Waals surface area contributed by atoms with E-state index < -0.39 is 0 Å². The van der Waals surface area contributed by atoms with Gasteiger partial charge in [-0.3, -0.25) is 9.69 Å². The van der Waals surface area contributed by atoms with Crippen LogP contribution in [0.3, 0.4) is 0 Å². The fourth-order valence-corrected chi connectivity index (χ4v) is 3.78. The van der Waals surface area contributed by atoms with Crippen LogP contribution in [0.15, 0.2) is 59.4 Å². The molecule has 0 radical (unpaired) electrons. The average Bonchev–Trinajstić information content (AvgIpc) is 2.69. The Balaban J connectivity index is 1.60. The largest absolute Gasteiger partial charge is 0.306 e. The monoisotopic (exact) mass is 379 g/mol. The van der Waals surface area contributed by atoms with Crippen molar-refractivity contribution >= 4 is 11.6 Å². The van der Waals surface area contributed by atoms with Gasteiger partial charge in [0.05, 0.1) is 5.69 Å². The second kappa shape index (κ2) is 8.07. The molecule has 1 aromatic heterocycles. The maximum Gasteiger partial charge on any atom is 0.251 e. The average molecular weight is 380 g/mol. The zero-order valence-corrected chi connectivity index (χ0v) is 15.9. The lowest BCUT2D eigenvalue weighted by molar-refractivity contribution is 0.221. The number of aromatic nitrogens is 2. The molecule has 27 heavy (non-hydrogen) atoms. The zero-order chi connectivity index (χ0) is 18.6. The third-order valence-electron chi connectivity index (χ3n) is 4.97. The molecule has 0 atom stereocenters. The van der Waals surface area contributed by atoms with Crippen molar-refractivity contribution in [2.45, 2.75) is 25.8 Å². The van der Waals surface area contributed by atoms with Gasteiger partial charge in [0.15, 0.2) is 0 Å². The van der Waals surface area contributed by atoms with E-state index in [4.69, 9.17) is 11.6 Å². The number of nitrogens with zero attached hydrogens (tertiary/aromatic N) is 2. The van der Waals surface area contributed by atoms with Crippen molar-refractivity contribution in [3.05, 3.63) is 75.5 Å². The third-order valence-corrected chi connectivity index (χ3v) is 5.30. The number of rotatable bonds is 4. The topological polar surface area (TPSA) is 49.0 Å². The van der Waals surface area contributed by atoms with Crippen LogP contribution in [0.2, 0.25) is 5.02 Å². The summed E-state index contributed by atoms with van der Waals surface area (Å²) in [6, 6.07) is 17.2. The third kappa shape index (κ3) is 4.29. The van der Waals surface area contributed by atoms with Gasteiger partial charge in [0, 0.05) is 28.8 Å². The summed E-state index contributed by atoms with van der Waals surface area (Å²) in [5, 5.41) is 0.582. The van der Waals surface area contributed by atoms with E-state index >= 15 is 0 Å². The number of benzene rings is 2. The number of aromatic amines is 1. The normalized spacial score (nSPS) is 15.0. The Morgan fingerprint density at radius 1 is 1.00 bits per heavy atom. The minimum absolute atomic E-state index is 0.188. The predicted molar refractivity (Wildman–Crippen MR) is 110 cm³/mol. The highest BCUT2D eigenvalue weighted by molar-refractivity contribution is 6.33. The van der Waals surface area contributed by atoms with Gasteiger partial charge >= 0.3 is 0 Å². The van der Waals surface area contributed by atoms with Crippen LogP contribution in [0.4, 0.5) is 0 Å². The highest BCUT2D eigenvalue weighted by atomic mass is 35.5. The van der Waals surface area contributed by atoms with Gasteiger partial charge in [-0.15, -0.1) is 0 Å². The van der Waals surface area contributed by atoms with Gasteiger partial charge in [0.1, 0.15) is 5.82 Å². The second-order valence-corrected chi connectivity index (χ2v) is 7.40. The van der Waals surface area contributed by atoms with E-state index in [0.29, 0.717) is 16.5 Å². The first kappa shape index (κ1) is 18.0. The fourth-order valence-electron chi connectivity index (χ4n) is 3.54. The molecule has 2 heterocycles. The second-order valence-electron chi connectivity index (χ2n) is 6.99. The van der Waals surface area contributed by atoms with Crippen LogP contribution < -0.4 is 5.56 Å². The molecule has 1 N–H and O–H groups in total. The van der Waals surface area contributed by atoms with Crippen molar-refractivity contribution in [3.63, 3.8) is 0 Å². The van der Waals surface area contributed by atoms with Crippen LogP contribution >= 0.6 is 11.6 Å². The number of halogens is 1. The molecule has 138 valence electrons. The van der Waals surface area contributed by atoms with Crippen molar-refractivity contribution in [1.82, 2.24) is 14.9 Å². The summed E-state index contributed by atoms with van der Waals surface area (Å²) < 4.78 is 0. The molecule has 0 saturated carbocycles. The number of hydrogen-bond donors (Lipinski definition) is 1. The summed E-state index contributed by atoms with van der Waals surface area (Å²) >= 11 is 6.27. The van der Waals surface area contributed by atoms with Gasteiger partial charge in [0.25, 0.3) is 5.56 Å². The molecular weight excluding hydrogens is 358 g/mol. The van der Waals surface area contributed by atoms with Crippen LogP contribution in [0.25, 0.3) is 22.6 Å². The maximum absolute atomic E-state index is 12.2. The van der Waals surface area contributed by atoms with E-state index in [1.807, 2.05) is 30.3 Å². The van der Waals surface area contributed by atoms with Crippen LogP contribution in [-0.2, 0) is 6.54 Å². The number of likely N-dealkylation sites (tertiary alicyclic amines) is 1. The van der Waals surface area contributed by atoms with Gasteiger partial charge in [-0.1, -0.05) is 60.5 Å². The molecule has 0 bridgehead atoms. The van der Waals surface area contributed by atoms with E-state index in [2.05, 4.69) is 27.0 Å². The highest BCUT2D eigenvalue weighted by Crippen LogP contribution is 2.26. The Morgan fingerprint density at radius 2 is 1.74 bits per heavy atom. The zero-order valence-electron chi connectivity index (χ0n) is 15.1. The Labute approximate surface area is 163 Å². The number of piperidine rings is 1. The van der Waals surface area contributed by atoms with Crippen LogP contribution in [-0.4, -0.2) is 28.0 Å². The smallest absolute Gasteiger partial charge is 0.251 e. The van der Waals surface area contributed by atoms with Crippen LogP contribution in [0, 0.1) is 0 Å². The molecule has 2 aromatic carbocycles. The Morgan fingerprint density at radius 3 is 2.48 bits per heavy atom. The molecule has 0 amide bonds. The summed E-state index contributed by atoms with van der Waals surface area (Å²) in [5.74, 6) is 0.557. The summed E-state index contributed by atoms with van der Waals surface area (Å²) in [5.41, 5.74) is 3.32. The van der Waals surface area contributed by atoms with Gasteiger partial charge in [-0.25, -0.2) is 4.98 Å². The number of nitrogens with one attached hydrogen (secondary N) is 1. The van der Waals surface area contributed by atoms with Gasteiger partial charge < -0.3 is 4.98 Å². The van der Waals surface area contributed by atoms with E-state index in [9.17, 15) is 4.79 Å². The van der Waals surface area contributed by atoms with Gasteiger partial charge in [-0.2, -0.15) is 0 Å². The van der Waals surface area contributed by atoms with E-state index in [0.717, 1.165) is 17.7 Å². The standard InChI is InChI=1S/C22H22ClN3O/c23-19-7-3-2-6-18(19)20-14-21(27)25-22(24-20)17-10-8-16(9-11-17)15-26-12-4-1-5-13-26/h2-3,6-11,14H,1,4-5,12-13,15H2,(H,24,25,27). The molecule has 3 aromatic rings. The molecule has 0 spiro atoms. The first-order valence-electron chi connectivity index (χ1n) is 9.37. The molecule has 1 fully saturated rings. The number of H-pyrrole nitrogens is 1. The molecule has 4 rings (SSSR count). The van der Waals surface area contributed by atoms with Crippen molar-refractivity contribution in [3.8, 4) is 22.6 Å². The molecule has 0 aliphatic carbocycles. The predicted octanol–water partition coefficient (Wildman–Crippen LogP) is 4.74. The minimum Gasteiger partial charge on any atom is -0.306 e. The summed E-state index contributed by atoms with van der Waals surface area (Å²) in [6.45, 7) is 3.33. The Hall–Kier alpha value is -2.43. The molecular formula is C22H22ClN3O. The van der Waals surface area contributed by atoms with E-state index in [-0.39, 0.29) is 5.56 Å². The summed E-state index contributed by atoms with van der Waals surface area (Å²) in [7, 11) is 0. The molecule has 0 unspecified atom stereocenters. The lowest BCUT2D eigenvalue weighted by atomic mass is 10.1. The lowest BCUT2D eigenvalue weighted by Crippen LogP contribution is -2.29. The van der Waals surface area contributed by atoms with Crippen LogP contribution in [0.5, 0.6) is 0 Å². The Kier molecular flexibility index (Phi) is 5.37. The van der Waals surface area contributed by atoms with Crippen LogP contribution in [0.1, 0.15) is 24.8 Å². The first-order chi connectivity index (χ1) is 13.2. The van der Waals surface area contributed by atoms with Crippen molar-refractivity contribution in [1.29, 1.82) is 0 Å². The molecule has 4 nitrogen and oxygen atoms in total. The quantitative estimate of drug-likeness (QED) is 0.712. The molecule has 5 heteroatoms. The fraction of sp³-hybridized carbons (Fsp3) is 0.273. The number of hydrogen-bond acceptors (Lipinski definition) is 3. The SMILES string of the molecule is O=c1cc(-c2ccccc2Cl)nc(-c2ccc(CN3CCCCC3)cc2)[nH]1. The van der Waals surface area contributed by atoms with Gasteiger partial charge in [-0.05, 0) is 37.6 Å². The summed E-state index contributed by atoms with van der Waals surface area (Å²) in [4.78, 5) is 22.1. The van der Waals surface area contributed by atoms with Crippen molar-refractivity contribution in [2.75, 3.05) is 13.1 Å². The van der Waals surface area contributed by atoms with Crippen molar-refractivity contribution < 1.29 is 0 Å². The molecule has 1 aliphatic rings. The van der Waals surface area contributed by atoms with E-state index in [1.54, 1.807) is 6.07 Å². The summed E-state index contributed by atoms with van der Waals surface area (Å²) in [6.07, 6.45) is 3.92. The maximum atomic E-state index is 12.2. The molecule has 1 aliphatic heterocycles. The Bertz CT molecular complexity index is 975. The first-order valence-corrected chi connectivity index (χ1v) is 9.75. The van der Waals surface area contributed by atoms with E-state index in [1.165, 1.54) is 44.0 Å². The lowest BCUT2D eigenvalue weighted by Gasteiger charge is -2.26. The minimum atomic E-state index is -0.188. The molecule has 1 saturated heterocycles. The van der Waals surface area contributed by atoms with Crippen molar-refractivity contribution in [2.24, 2.45) is 0 Å².